The topological polar surface area (TPSA) is 29.5 Å². The van der Waals surface area contributed by atoms with Crippen LogP contribution in [0.4, 0.5) is 5.69 Å². The van der Waals surface area contributed by atoms with E-state index in [9.17, 15) is 4.79 Å². The maximum atomic E-state index is 12.4. The Bertz CT molecular complexity index is 694. The number of alkyl halides is 3. The first-order chi connectivity index (χ1) is 11.4. The average Bonchev–Trinajstić information content (AvgIpc) is 2.59. The molecule has 0 saturated carbocycles. The highest BCUT2D eigenvalue weighted by molar-refractivity contribution is 6.77. The molecule has 0 radical (unpaired) electrons. The third-order valence-electron chi connectivity index (χ3n) is 3.27. The van der Waals surface area contributed by atoms with Gasteiger partial charge in [-0.3, -0.25) is 4.79 Å². The molecule has 1 amide bonds. The molecule has 0 heterocycles. The van der Waals surface area contributed by atoms with Crippen LogP contribution in [0, 0.1) is 0 Å². The quantitative estimate of drug-likeness (QED) is 0.670. The third-order valence-corrected chi connectivity index (χ3v) is 3.75. The number of hydrogen-bond donors (Lipinski definition) is 0. The summed E-state index contributed by atoms with van der Waals surface area (Å²) in [6.45, 7) is 0.281. The van der Waals surface area contributed by atoms with Gasteiger partial charge in [-0.2, -0.15) is 0 Å². The van der Waals surface area contributed by atoms with Crippen molar-refractivity contribution in [2.24, 2.45) is 0 Å². The number of nitrogens with zero attached hydrogens (tertiary/aromatic N) is 1. The van der Waals surface area contributed by atoms with E-state index in [-0.39, 0.29) is 6.54 Å². The van der Waals surface area contributed by atoms with Crippen LogP contribution in [-0.2, 0) is 4.79 Å². The highest BCUT2D eigenvalue weighted by atomic mass is 35.6. The molecule has 126 valence electrons. The first-order valence-corrected chi connectivity index (χ1v) is 8.29. The number of rotatable bonds is 5. The maximum Gasteiger partial charge on any atom is 0.279 e. The van der Waals surface area contributed by atoms with Crippen LogP contribution in [0.2, 0.25) is 0 Å². The molecule has 2 rings (SSSR count). The van der Waals surface area contributed by atoms with Gasteiger partial charge in [0.05, 0.1) is 7.11 Å². The van der Waals surface area contributed by atoms with Crippen molar-refractivity contribution in [3.8, 4) is 5.75 Å². The monoisotopic (exact) mass is 383 g/mol. The van der Waals surface area contributed by atoms with E-state index >= 15 is 0 Å². The Kier molecular flexibility index (Phi) is 6.55. The van der Waals surface area contributed by atoms with Crippen molar-refractivity contribution in [2.45, 2.75) is 3.79 Å². The predicted molar refractivity (Wildman–Crippen MR) is 101 cm³/mol. The zero-order valence-electron chi connectivity index (χ0n) is 13.0. The minimum atomic E-state index is -2.01. The van der Waals surface area contributed by atoms with Crippen LogP contribution in [0.25, 0.3) is 6.08 Å². The maximum absolute atomic E-state index is 12.4. The number of hydrogen-bond acceptors (Lipinski definition) is 2. The van der Waals surface area contributed by atoms with Crippen molar-refractivity contribution in [1.29, 1.82) is 0 Å². The molecule has 0 spiro atoms. The smallest absolute Gasteiger partial charge is 0.279 e. The largest absolute Gasteiger partial charge is 0.497 e. The lowest BCUT2D eigenvalue weighted by Crippen LogP contribution is -2.39. The fourth-order valence-electron chi connectivity index (χ4n) is 2.08. The molecule has 2 aromatic carbocycles. The summed E-state index contributed by atoms with van der Waals surface area (Å²) in [6, 6.07) is 16.6. The Balaban J connectivity index is 2.16. The normalized spacial score (nSPS) is 11.5. The molecular formula is C18H16Cl3NO2. The van der Waals surface area contributed by atoms with Crippen LogP contribution in [0.3, 0.4) is 0 Å². The minimum absolute atomic E-state index is 0.281. The number of amides is 1. The van der Waals surface area contributed by atoms with Crippen molar-refractivity contribution in [1.82, 2.24) is 0 Å². The predicted octanol–water partition coefficient (Wildman–Crippen LogP) is 5.11. The zero-order chi connectivity index (χ0) is 17.6. The molecule has 0 bridgehead atoms. The summed E-state index contributed by atoms with van der Waals surface area (Å²) in [5, 5.41) is 0. The van der Waals surface area contributed by atoms with Crippen molar-refractivity contribution in [2.75, 3.05) is 18.6 Å². The second-order valence-electron chi connectivity index (χ2n) is 4.92. The van der Waals surface area contributed by atoms with E-state index in [0.29, 0.717) is 5.69 Å². The SMILES string of the molecule is COc1ccc(/C=C/CN(C(=O)C(Cl)(Cl)Cl)c2ccccc2)cc1. The van der Waals surface area contributed by atoms with Crippen molar-refractivity contribution in [3.05, 3.63) is 66.2 Å². The molecule has 3 nitrogen and oxygen atoms in total. The lowest BCUT2D eigenvalue weighted by atomic mass is 10.2. The van der Waals surface area contributed by atoms with E-state index in [1.807, 2.05) is 54.6 Å². The first-order valence-electron chi connectivity index (χ1n) is 7.16. The lowest BCUT2D eigenvalue weighted by Gasteiger charge is -2.24. The molecule has 2 aromatic rings. The molecule has 24 heavy (non-hydrogen) atoms. The van der Waals surface area contributed by atoms with Gasteiger partial charge in [-0.1, -0.05) is 77.3 Å². The standard InChI is InChI=1S/C18H16Cl3NO2/c1-24-16-11-9-14(10-12-16)6-5-13-22(17(23)18(19,20)21)15-7-3-2-4-8-15/h2-12H,13H2,1H3/b6-5+. The highest BCUT2D eigenvalue weighted by Gasteiger charge is 2.35. The number of carbonyl (C=O) groups is 1. The number of para-hydroxylation sites is 1. The zero-order valence-corrected chi connectivity index (χ0v) is 15.2. The third kappa shape index (κ3) is 5.17. The number of benzene rings is 2. The summed E-state index contributed by atoms with van der Waals surface area (Å²) >= 11 is 17.3. The second kappa shape index (κ2) is 8.43. The molecule has 0 aliphatic carbocycles. The summed E-state index contributed by atoms with van der Waals surface area (Å²) in [5.41, 5.74) is 1.64. The summed E-state index contributed by atoms with van der Waals surface area (Å²) in [4.78, 5) is 13.8. The van der Waals surface area contributed by atoms with E-state index < -0.39 is 9.70 Å². The number of ether oxygens (including phenoxy) is 1. The van der Waals surface area contributed by atoms with Crippen LogP contribution in [0.5, 0.6) is 5.75 Å². The highest BCUT2D eigenvalue weighted by Crippen LogP contribution is 2.30. The summed E-state index contributed by atoms with van der Waals surface area (Å²) < 4.78 is 3.11. The molecule has 0 aliphatic heterocycles. The van der Waals surface area contributed by atoms with Gasteiger partial charge in [-0.05, 0) is 29.8 Å². The molecule has 0 N–H and O–H groups in total. The first kappa shape index (κ1) is 18.7. The van der Waals surface area contributed by atoms with Crippen LogP contribution < -0.4 is 9.64 Å². The molecule has 0 unspecified atom stereocenters. The molecule has 0 aromatic heterocycles. The molecule has 6 heteroatoms. The fraction of sp³-hybridized carbons (Fsp3) is 0.167. The summed E-state index contributed by atoms with van der Waals surface area (Å²) in [5.74, 6) is 0.183. The summed E-state index contributed by atoms with van der Waals surface area (Å²) in [7, 11) is 1.62. The Labute approximate surface area is 156 Å². The van der Waals surface area contributed by atoms with Crippen LogP contribution >= 0.6 is 34.8 Å². The van der Waals surface area contributed by atoms with Crippen LogP contribution in [-0.4, -0.2) is 23.4 Å². The second-order valence-corrected chi connectivity index (χ2v) is 7.21. The Morgan fingerprint density at radius 2 is 1.71 bits per heavy atom. The van der Waals surface area contributed by atoms with E-state index in [0.717, 1.165) is 11.3 Å². The van der Waals surface area contributed by atoms with Gasteiger partial charge in [0.15, 0.2) is 0 Å². The molecule has 0 aliphatic rings. The van der Waals surface area contributed by atoms with Gasteiger partial charge in [0, 0.05) is 12.2 Å². The van der Waals surface area contributed by atoms with Gasteiger partial charge in [0.25, 0.3) is 9.70 Å². The van der Waals surface area contributed by atoms with Gasteiger partial charge < -0.3 is 9.64 Å². The van der Waals surface area contributed by atoms with E-state index in [4.69, 9.17) is 39.5 Å². The number of carbonyl (C=O) groups excluding carboxylic acids is 1. The van der Waals surface area contributed by atoms with Crippen LogP contribution in [0.1, 0.15) is 5.56 Å². The Morgan fingerprint density at radius 3 is 2.25 bits per heavy atom. The minimum Gasteiger partial charge on any atom is -0.497 e. The van der Waals surface area contributed by atoms with Crippen LogP contribution in [0.15, 0.2) is 60.7 Å². The summed E-state index contributed by atoms with van der Waals surface area (Å²) in [6.07, 6.45) is 3.73. The van der Waals surface area contributed by atoms with E-state index in [1.165, 1.54) is 4.90 Å². The lowest BCUT2D eigenvalue weighted by molar-refractivity contribution is -0.117. The van der Waals surface area contributed by atoms with Gasteiger partial charge in [-0.15, -0.1) is 0 Å². The average molecular weight is 385 g/mol. The number of methoxy groups -OCH3 is 1. The fourth-order valence-corrected chi connectivity index (χ4v) is 2.38. The van der Waals surface area contributed by atoms with Crippen molar-refractivity contribution >= 4 is 52.5 Å². The number of anilines is 1. The Hall–Kier alpha value is -1.68. The van der Waals surface area contributed by atoms with Crippen molar-refractivity contribution in [3.63, 3.8) is 0 Å². The van der Waals surface area contributed by atoms with E-state index in [1.54, 1.807) is 19.2 Å². The van der Waals surface area contributed by atoms with E-state index in [2.05, 4.69) is 0 Å². The molecule has 0 saturated heterocycles. The molecule has 0 fully saturated rings. The van der Waals surface area contributed by atoms with Gasteiger partial charge >= 0.3 is 0 Å². The van der Waals surface area contributed by atoms with Gasteiger partial charge in [-0.25, -0.2) is 0 Å². The molecular weight excluding hydrogens is 369 g/mol. The van der Waals surface area contributed by atoms with Gasteiger partial charge in [0.2, 0.25) is 0 Å². The molecule has 0 atom stereocenters. The van der Waals surface area contributed by atoms with Gasteiger partial charge in [0.1, 0.15) is 5.75 Å². The Morgan fingerprint density at radius 1 is 1.08 bits per heavy atom. The number of halogens is 3. The van der Waals surface area contributed by atoms with Crippen molar-refractivity contribution < 1.29 is 9.53 Å².